The van der Waals surface area contributed by atoms with Gasteiger partial charge in [-0.1, -0.05) is 45.0 Å². The molecule has 0 N–H and O–H groups in total. The van der Waals surface area contributed by atoms with E-state index in [0.29, 0.717) is 22.9 Å². The van der Waals surface area contributed by atoms with Crippen LogP contribution in [0.2, 0.25) is 0 Å². The van der Waals surface area contributed by atoms with Gasteiger partial charge < -0.3 is 9.32 Å². The largest absolute Gasteiger partial charge is 0.419 e. The molecule has 1 aliphatic rings. The predicted molar refractivity (Wildman–Crippen MR) is 121 cm³/mol. The highest BCUT2D eigenvalue weighted by Gasteiger charge is 2.35. The Morgan fingerprint density at radius 1 is 0.970 bits per heavy atom. The molecular weight excluding hydrogens is 420 g/mol. The van der Waals surface area contributed by atoms with E-state index in [-0.39, 0.29) is 42.6 Å². The molecule has 33 heavy (non-hydrogen) atoms. The second-order valence-electron chi connectivity index (χ2n) is 9.14. The van der Waals surface area contributed by atoms with Crippen molar-refractivity contribution in [2.75, 3.05) is 13.6 Å². The highest BCUT2D eigenvalue weighted by molar-refractivity contribution is 6.21. The zero-order chi connectivity index (χ0) is 23.8. The zero-order valence-corrected chi connectivity index (χ0v) is 19.2. The molecule has 3 amide bonds. The SMILES string of the molecule is CN(Cc1nnc(-c2ccc(C(C)(C)C)cc2)o1)C(=O)CCN1C(=O)c2ccccc2C1=O. The third kappa shape index (κ3) is 4.55. The van der Waals surface area contributed by atoms with E-state index < -0.39 is 0 Å². The quantitative estimate of drug-likeness (QED) is 0.536. The van der Waals surface area contributed by atoms with Crippen LogP contribution in [-0.4, -0.2) is 51.3 Å². The van der Waals surface area contributed by atoms with Crippen molar-refractivity contribution < 1.29 is 18.8 Å². The average molecular weight is 447 g/mol. The predicted octanol–water partition coefficient (Wildman–Crippen LogP) is 3.68. The smallest absolute Gasteiger partial charge is 0.261 e. The number of benzene rings is 2. The van der Waals surface area contributed by atoms with E-state index in [1.54, 1.807) is 31.3 Å². The van der Waals surface area contributed by atoms with Crippen molar-refractivity contribution in [3.8, 4) is 11.5 Å². The number of amides is 3. The van der Waals surface area contributed by atoms with Gasteiger partial charge in [-0.3, -0.25) is 19.3 Å². The van der Waals surface area contributed by atoms with Crippen LogP contribution in [0.15, 0.2) is 52.9 Å². The van der Waals surface area contributed by atoms with Crippen LogP contribution in [0.4, 0.5) is 0 Å². The maximum Gasteiger partial charge on any atom is 0.261 e. The minimum Gasteiger partial charge on any atom is -0.419 e. The van der Waals surface area contributed by atoms with Gasteiger partial charge in [0.1, 0.15) is 0 Å². The van der Waals surface area contributed by atoms with Crippen LogP contribution in [0.5, 0.6) is 0 Å². The standard InChI is InChI=1S/C25H26N4O4/c1-25(2,3)17-11-9-16(10-12-17)22-27-26-20(33-22)15-28(4)21(30)13-14-29-23(31)18-7-5-6-8-19(18)24(29)32/h5-12H,13-15H2,1-4H3. The molecule has 0 saturated carbocycles. The molecule has 0 bridgehead atoms. The van der Waals surface area contributed by atoms with Gasteiger partial charge in [0.05, 0.1) is 17.7 Å². The monoisotopic (exact) mass is 446 g/mol. The summed E-state index contributed by atoms with van der Waals surface area (Å²) in [4.78, 5) is 40.0. The van der Waals surface area contributed by atoms with E-state index in [1.165, 1.54) is 10.5 Å². The topological polar surface area (TPSA) is 96.6 Å². The van der Waals surface area contributed by atoms with Crippen molar-refractivity contribution in [1.29, 1.82) is 0 Å². The van der Waals surface area contributed by atoms with Crippen LogP contribution in [0.3, 0.4) is 0 Å². The lowest BCUT2D eigenvalue weighted by Gasteiger charge is -2.18. The Kier molecular flexibility index (Phi) is 5.84. The number of hydrogen-bond donors (Lipinski definition) is 0. The third-order valence-electron chi connectivity index (χ3n) is 5.69. The summed E-state index contributed by atoms with van der Waals surface area (Å²) < 4.78 is 5.74. The van der Waals surface area contributed by atoms with E-state index in [4.69, 9.17) is 4.42 Å². The normalized spacial score (nSPS) is 13.4. The van der Waals surface area contributed by atoms with Gasteiger partial charge in [-0.25, -0.2) is 0 Å². The molecule has 0 spiro atoms. The summed E-state index contributed by atoms with van der Waals surface area (Å²) in [6.07, 6.45) is 0.0111. The van der Waals surface area contributed by atoms with Crippen molar-refractivity contribution >= 4 is 17.7 Å². The zero-order valence-electron chi connectivity index (χ0n) is 19.2. The summed E-state index contributed by atoms with van der Waals surface area (Å²) >= 11 is 0. The van der Waals surface area contributed by atoms with Crippen LogP contribution in [0.1, 0.15) is 59.4 Å². The molecular formula is C25H26N4O4. The summed E-state index contributed by atoms with van der Waals surface area (Å²) in [6.45, 7) is 6.59. The van der Waals surface area contributed by atoms with Crippen LogP contribution < -0.4 is 0 Å². The number of carbonyl (C=O) groups is 3. The first-order valence-electron chi connectivity index (χ1n) is 10.8. The Hall–Kier alpha value is -3.81. The van der Waals surface area contributed by atoms with Gasteiger partial charge in [-0.05, 0) is 35.2 Å². The summed E-state index contributed by atoms with van der Waals surface area (Å²) in [5, 5.41) is 8.14. The fourth-order valence-electron chi connectivity index (χ4n) is 3.68. The molecule has 3 aromatic rings. The lowest BCUT2D eigenvalue weighted by molar-refractivity contribution is -0.130. The summed E-state index contributed by atoms with van der Waals surface area (Å²) in [5.41, 5.74) is 2.81. The third-order valence-corrected chi connectivity index (χ3v) is 5.69. The first-order valence-corrected chi connectivity index (χ1v) is 10.8. The van der Waals surface area contributed by atoms with Crippen LogP contribution in [0, 0.1) is 0 Å². The van der Waals surface area contributed by atoms with E-state index in [9.17, 15) is 14.4 Å². The number of imide groups is 1. The summed E-state index contributed by atoms with van der Waals surface area (Å²) in [7, 11) is 1.62. The second-order valence-corrected chi connectivity index (χ2v) is 9.14. The molecule has 0 aliphatic carbocycles. The van der Waals surface area contributed by atoms with E-state index in [2.05, 4.69) is 31.0 Å². The molecule has 8 nitrogen and oxygen atoms in total. The minimum absolute atomic E-state index is 0.0111. The van der Waals surface area contributed by atoms with Gasteiger partial charge >= 0.3 is 0 Å². The van der Waals surface area contributed by atoms with Gasteiger partial charge in [0.2, 0.25) is 17.7 Å². The maximum atomic E-state index is 12.6. The summed E-state index contributed by atoms with van der Waals surface area (Å²) in [6, 6.07) is 14.6. The Balaban J connectivity index is 1.34. The number of aromatic nitrogens is 2. The molecule has 0 unspecified atom stereocenters. The van der Waals surface area contributed by atoms with Crippen molar-refractivity contribution in [2.24, 2.45) is 0 Å². The van der Waals surface area contributed by atoms with Crippen molar-refractivity contribution in [2.45, 2.75) is 39.2 Å². The Morgan fingerprint density at radius 3 is 2.15 bits per heavy atom. The first-order chi connectivity index (χ1) is 15.6. The lowest BCUT2D eigenvalue weighted by atomic mass is 9.87. The van der Waals surface area contributed by atoms with E-state index >= 15 is 0 Å². The Labute approximate surface area is 192 Å². The molecule has 170 valence electrons. The van der Waals surface area contributed by atoms with Gasteiger partial charge in [-0.15, -0.1) is 10.2 Å². The number of hydrogen-bond acceptors (Lipinski definition) is 6. The molecule has 2 heterocycles. The van der Waals surface area contributed by atoms with Crippen molar-refractivity contribution in [3.63, 3.8) is 0 Å². The second kappa shape index (κ2) is 8.61. The van der Waals surface area contributed by atoms with Crippen LogP contribution in [-0.2, 0) is 16.8 Å². The van der Waals surface area contributed by atoms with Crippen LogP contribution in [0.25, 0.3) is 11.5 Å². The van der Waals surface area contributed by atoms with Gasteiger partial charge in [-0.2, -0.15) is 0 Å². The average Bonchev–Trinajstić information content (AvgIpc) is 3.35. The highest BCUT2D eigenvalue weighted by Crippen LogP contribution is 2.26. The Bertz CT molecular complexity index is 1170. The highest BCUT2D eigenvalue weighted by atomic mass is 16.4. The molecule has 1 aromatic heterocycles. The molecule has 0 atom stereocenters. The minimum atomic E-state index is -0.370. The fraction of sp³-hybridized carbons (Fsp3) is 0.320. The molecule has 2 aromatic carbocycles. The fourth-order valence-corrected chi connectivity index (χ4v) is 3.68. The molecule has 1 aliphatic heterocycles. The van der Waals surface area contributed by atoms with Crippen molar-refractivity contribution in [3.05, 3.63) is 71.1 Å². The molecule has 8 heteroatoms. The van der Waals surface area contributed by atoms with Crippen molar-refractivity contribution in [1.82, 2.24) is 20.0 Å². The van der Waals surface area contributed by atoms with E-state index in [0.717, 1.165) is 10.5 Å². The molecule has 0 saturated heterocycles. The lowest BCUT2D eigenvalue weighted by Crippen LogP contribution is -2.35. The molecule has 0 radical (unpaired) electrons. The number of nitrogens with zero attached hydrogens (tertiary/aromatic N) is 4. The molecule has 0 fully saturated rings. The number of rotatable bonds is 6. The van der Waals surface area contributed by atoms with Gasteiger partial charge in [0.25, 0.3) is 11.8 Å². The van der Waals surface area contributed by atoms with Crippen LogP contribution >= 0.6 is 0 Å². The molecule has 4 rings (SSSR count). The Morgan fingerprint density at radius 2 is 1.58 bits per heavy atom. The maximum absolute atomic E-state index is 12.6. The summed E-state index contributed by atoms with van der Waals surface area (Å²) in [5.74, 6) is -0.283. The number of carbonyl (C=O) groups excluding carboxylic acids is 3. The van der Waals surface area contributed by atoms with Gasteiger partial charge in [0, 0.05) is 25.6 Å². The van der Waals surface area contributed by atoms with E-state index in [1.807, 2.05) is 24.3 Å². The first kappa shape index (κ1) is 22.4. The van der Waals surface area contributed by atoms with Gasteiger partial charge in [0.15, 0.2) is 0 Å². The number of fused-ring (bicyclic) bond motifs is 1.